The summed E-state index contributed by atoms with van der Waals surface area (Å²) in [6.07, 6.45) is 44.4. The van der Waals surface area contributed by atoms with Crippen molar-refractivity contribution in [2.45, 2.75) is 258 Å². The molecule has 8 nitrogen and oxygen atoms in total. The molecule has 0 radical (unpaired) electrons. The molecule has 0 aromatic rings. The van der Waals surface area contributed by atoms with Crippen LogP contribution in [-0.4, -0.2) is 43.3 Å². The van der Waals surface area contributed by atoms with E-state index in [1.165, 1.54) is 186 Å². The van der Waals surface area contributed by atoms with Crippen molar-refractivity contribution in [2.24, 2.45) is 0 Å². The van der Waals surface area contributed by atoms with Gasteiger partial charge in [-0.1, -0.05) is 226 Å². The first-order valence-electron chi connectivity index (χ1n) is 23.2. The van der Waals surface area contributed by atoms with Gasteiger partial charge in [-0.15, -0.1) is 0 Å². The number of rotatable bonds is 44. The molecule has 0 aliphatic rings. The van der Waals surface area contributed by atoms with Crippen molar-refractivity contribution >= 4 is 19.8 Å². The first kappa shape index (κ1) is 53.0. The van der Waals surface area contributed by atoms with Crippen LogP contribution in [0.25, 0.3) is 0 Å². The van der Waals surface area contributed by atoms with Crippen LogP contribution in [0, 0.1) is 0 Å². The Kier molecular flexibility index (Phi) is 40.9. The molecule has 0 rings (SSSR count). The summed E-state index contributed by atoms with van der Waals surface area (Å²) in [4.78, 5) is 34.5. The molecule has 0 amide bonds. The summed E-state index contributed by atoms with van der Waals surface area (Å²) in [6.45, 7) is 3.94. The Balaban J connectivity index is 3.89. The zero-order chi connectivity index (χ0) is 39.6. The fourth-order valence-electron chi connectivity index (χ4n) is 7.01. The largest absolute Gasteiger partial charge is 0.472 e. The summed E-state index contributed by atoms with van der Waals surface area (Å²) < 4.78 is 32.1. The van der Waals surface area contributed by atoms with Gasteiger partial charge in [-0.05, 0) is 12.8 Å². The molecular weight excluding hydrogens is 699 g/mol. The maximum Gasteiger partial charge on any atom is 0.472 e. The van der Waals surface area contributed by atoms with Gasteiger partial charge < -0.3 is 14.4 Å². The molecule has 0 spiro atoms. The summed E-state index contributed by atoms with van der Waals surface area (Å²) in [5, 5.41) is 0. The van der Waals surface area contributed by atoms with Crippen LogP contribution < -0.4 is 0 Å². The zero-order valence-electron chi connectivity index (χ0n) is 35.9. The third-order valence-corrected chi connectivity index (χ3v) is 11.5. The van der Waals surface area contributed by atoms with Gasteiger partial charge in [-0.3, -0.25) is 18.6 Å². The monoisotopic (exact) mass is 789 g/mol. The number of carbonyl (C=O) groups excluding carboxylic acids is 2. The van der Waals surface area contributed by atoms with Crippen LogP contribution in [0.15, 0.2) is 0 Å². The van der Waals surface area contributed by atoms with Crippen molar-refractivity contribution in [1.29, 1.82) is 0 Å². The number of esters is 2. The average molecular weight is 789 g/mol. The van der Waals surface area contributed by atoms with Crippen LogP contribution in [0.5, 0.6) is 0 Å². The fraction of sp³-hybridized carbons (Fsp3) is 0.956. The van der Waals surface area contributed by atoms with Crippen molar-refractivity contribution in [3.8, 4) is 0 Å². The van der Waals surface area contributed by atoms with Crippen molar-refractivity contribution in [3.63, 3.8) is 0 Å². The molecule has 2 unspecified atom stereocenters. The molecule has 0 aliphatic heterocycles. The quantitative estimate of drug-likeness (QED) is 0.0369. The second-order valence-electron chi connectivity index (χ2n) is 15.9. The third-order valence-electron chi connectivity index (χ3n) is 10.6. The summed E-state index contributed by atoms with van der Waals surface area (Å²) in [5.41, 5.74) is 0. The molecule has 54 heavy (non-hydrogen) atoms. The van der Waals surface area contributed by atoms with E-state index in [2.05, 4.69) is 18.4 Å². The Morgan fingerprint density at radius 1 is 0.444 bits per heavy atom. The van der Waals surface area contributed by atoms with Crippen LogP contribution >= 0.6 is 7.82 Å². The second-order valence-corrected chi connectivity index (χ2v) is 17.5. The minimum atomic E-state index is -4.25. The number of hydrogen-bond acceptors (Lipinski definition) is 7. The summed E-state index contributed by atoms with van der Waals surface area (Å²) in [7, 11) is -3.19. The number of phosphoric ester groups is 1. The zero-order valence-corrected chi connectivity index (χ0v) is 36.8. The van der Waals surface area contributed by atoms with Crippen LogP contribution in [0.1, 0.15) is 251 Å². The Labute approximate surface area is 334 Å². The molecule has 1 N–H and O–H groups in total. The first-order valence-corrected chi connectivity index (χ1v) is 24.7. The van der Waals surface area contributed by atoms with Gasteiger partial charge in [-0.2, -0.15) is 0 Å². The van der Waals surface area contributed by atoms with Crippen LogP contribution in [0.3, 0.4) is 0 Å². The number of ether oxygens (including phenoxy) is 2. The third kappa shape index (κ3) is 40.7. The summed E-state index contributed by atoms with van der Waals surface area (Å²) >= 11 is 0. The van der Waals surface area contributed by atoms with E-state index in [-0.39, 0.29) is 19.0 Å². The molecule has 0 fully saturated rings. The lowest BCUT2D eigenvalue weighted by Crippen LogP contribution is -2.29. The average Bonchev–Trinajstić information content (AvgIpc) is 3.16. The molecule has 0 saturated carbocycles. The Bertz CT molecular complexity index is 854. The van der Waals surface area contributed by atoms with E-state index >= 15 is 0 Å². The highest BCUT2D eigenvalue weighted by molar-refractivity contribution is 7.47. The highest BCUT2D eigenvalue weighted by Gasteiger charge is 2.24. The van der Waals surface area contributed by atoms with Gasteiger partial charge in [-0.25, -0.2) is 4.57 Å². The van der Waals surface area contributed by atoms with Crippen molar-refractivity contribution in [1.82, 2.24) is 0 Å². The topological polar surface area (TPSA) is 108 Å². The van der Waals surface area contributed by atoms with E-state index in [9.17, 15) is 19.0 Å². The van der Waals surface area contributed by atoms with Crippen molar-refractivity contribution in [3.05, 3.63) is 0 Å². The molecule has 2 atom stereocenters. The lowest BCUT2D eigenvalue weighted by atomic mass is 10.0. The molecule has 0 aromatic carbocycles. The standard InChI is InChI=1S/C45H89O8P/c1-4-6-8-10-12-14-16-18-20-22-23-24-26-28-30-32-34-36-38-40-45(47)53-43(42-52-54(48,49)50-3)41-51-44(46)39-37-35-33-31-29-27-25-21-19-17-15-13-11-9-7-5-2/h43H,4-42H2,1-3H3,(H,48,49). The maximum atomic E-state index is 12.5. The van der Waals surface area contributed by atoms with E-state index < -0.39 is 26.5 Å². The Hall–Kier alpha value is -0.950. The number of hydrogen-bond donors (Lipinski definition) is 1. The molecule has 322 valence electrons. The van der Waals surface area contributed by atoms with Crippen molar-refractivity contribution in [2.75, 3.05) is 20.3 Å². The molecule has 0 bridgehead atoms. The van der Waals surface area contributed by atoms with Crippen LogP contribution in [0.2, 0.25) is 0 Å². The maximum absolute atomic E-state index is 12.5. The van der Waals surface area contributed by atoms with Crippen LogP contribution in [-0.2, 0) is 32.7 Å². The molecule has 0 aliphatic carbocycles. The van der Waals surface area contributed by atoms with Gasteiger partial charge in [0.2, 0.25) is 0 Å². The van der Waals surface area contributed by atoms with Gasteiger partial charge in [0.25, 0.3) is 0 Å². The van der Waals surface area contributed by atoms with E-state index in [4.69, 9.17) is 14.0 Å². The summed E-state index contributed by atoms with van der Waals surface area (Å²) in [6, 6.07) is 0. The highest BCUT2D eigenvalue weighted by atomic mass is 31.2. The lowest BCUT2D eigenvalue weighted by molar-refractivity contribution is -0.161. The van der Waals surface area contributed by atoms with Crippen LogP contribution in [0.4, 0.5) is 0 Å². The highest BCUT2D eigenvalue weighted by Crippen LogP contribution is 2.42. The predicted molar refractivity (Wildman–Crippen MR) is 226 cm³/mol. The minimum absolute atomic E-state index is 0.216. The smallest absolute Gasteiger partial charge is 0.462 e. The minimum Gasteiger partial charge on any atom is -0.462 e. The van der Waals surface area contributed by atoms with E-state index in [1.807, 2.05) is 0 Å². The van der Waals surface area contributed by atoms with E-state index in [0.717, 1.165) is 45.6 Å². The molecule has 0 aromatic heterocycles. The lowest BCUT2D eigenvalue weighted by Gasteiger charge is -2.19. The molecule has 0 saturated heterocycles. The van der Waals surface area contributed by atoms with Gasteiger partial charge in [0.15, 0.2) is 6.10 Å². The van der Waals surface area contributed by atoms with Gasteiger partial charge >= 0.3 is 19.8 Å². The van der Waals surface area contributed by atoms with Gasteiger partial charge in [0, 0.05) is 20.0 Å². The number of carbonyl (C=O) groups is 2. The summed E-state index contributed by atoms with van der Waals surface area (Å²) in [5.74, 6) is -0.784. The molecule has 9 heteroatoms. The normalized spacial score (nSPS) is 13.2. The Morgan fingerprint density at radius 3 is 1.02 bits per heavy atom. The second kappa shape index (κ2) is 41.7. The molecule has 0 heterocycles. The number of unbranched alkanes of at least 4 members (excludes halogenated alkanes) is 33. The van der Waals surface area contributed by atoms with Gasteiger partial charge in [0.05, 0.1) is 6.61 Å². The molecular formula is C45H89O8P. The predicted octanol–water partition coefficient (Wildman–Crippen LogP) is 14.7. The van der Waals surface area contributed by atoms with Gasteiger partial charge in [0.1, 0.15) is 6.61 Å². The van der Waals surface area contributed by atoms with E-state index in [1.54, 1.807) is 0 Å². The Morgan fingerprint density at radius 2 is 0.722 bits per heavy atom. The number of phosphoric acid groups is 1. The SMILES string of the molecule is CCCCCCCCCCCCCCCCCCCCCC(=O)OC(COC(=O)CCCCCCCCCCCCCCCCCC)COP(=O)(O)OC. The van der Waals surface area contributed by atoms with Crippen molar-refractivity contribution < 1.29 is 37.6 Å². The van der Waals surface area contributed by atoms with E-state index in [0.29, 0.717) is 6.42 Å². The first-order chi connectivity index (χ1) is 26.3. The fourth-order valence-corrected chi connectivity index (χ4v) is 7.47.